The minimum Gasteiger partial charge on any atom is -0.314 e. The molecule has 0 aliphatic heterocycles. The van der Waals surface area contributed by atoms with Gasteiger partial charge >= 0.3 is 0 Å². The number of hydrogen-bond donors (Lipinski definition) is 1. The van der Waals surface area contributed by atoms with Crippen molar-refractivity contribution in [3.63, 3.8) is 0 Å². The Labute approximate surface area is 99.4 Å². The number of nitrogens with zero attached hydrogens (tertiary/aromatic N) is 2. The molecule has 0 heterocycles. The molecular weight excluding hydrogens is 222 g/mol. The standard InChI is InChI=1S/C11H15N3O3/c1-8(12-2)11(15)13(3)9-4-6-10(7-5-9)14(16)17/h4-8,12H,1-3H3. The Kier molecular flexibility index (Phi) is 4.17. The molecule has 1 unspecified atom stereocenters. The van der Waals surface area contributed by atoms with E-state index in [4.69, 9.17) is 0 Å². The zero-order chi connectivity index (χ0) is 13.0. The summed E-state index contributed by atoms with van der Waals surface area (Å²) < 4.78 is 0. The van der Waals surface area contributed by atoms with Crippen molar-refractivity contribution in [2.45, 2.75) is 13.0 Å². The third-order valence-electron chi connectivity index (χ3n) is 2.58. The van der Waals surface area contributed by atoms with E-state index in [9.17, 15) is 14.9 Å². The van der Waals surface area contributed by atoms with Crippen molar-refractivity contribution in [3.8, 4) is 0 Å². The number of amides is 1. The van der Waals surface area contributed by atoms with Crippen molar-refractivity contribution in [2.75, 3.05) is 19.0 Å². The molecule has 1 aromatic rings. The fraction of sp³-hybridized carbons (Fsp3) is 0.364. The van der Waals surface area contributed by atoms with Gasteiger partial charge in [0.1, 0.15) is 0 Å². The maximum Gasteiger partial charge on any atom is 0.269 e. The minimum atomic E-state index is -0.470. The Morgan fingerprint density at radius 2 is 1.94 bits per heavy atom. The van der Waals surface area contributed by atoms with Crippen molar-refractivity contribution in [1.29, 1.82) is 0 Å². The average Bonchev–Trinajstić information content (AvgIpc) is 2.36. The number of carbonyl (C=O) groups is 1. The lowest BCUT2D eigenvalue weighted by Gasteiger charge is -2.20. The van der Waals surface area contributed by atoms with Gasteiger partial charge in [0.25, 0.3) is 5.69 Å². The quantitative estimate of drug-likeness (QED) is 0.630. The van der Waals surface area contributed by atoms with Crippen LogP contribution in [0, 0.1) is 10.1 Å². The maximum absolute atomic E-state index is 11.8. The molecule has 0 aliphatic carbocycles. The number of nitro benzene ring substituents is 1. The van der Waals surface area contributed by atoms with Gasteiger partial charge in [-0.05, 0) is 26.1 Å². The predicted molar refractivity (Wildman–Crippen MR) is 65.0 cm³/mol. The molecule has 0 spiro atoms. The lowest BCUT2D eigenvalue weighted by molar-refractivity contribution is -0.384. The first-order valence-electron chi connectivity index (χ1n) is 5.16. The highest BCUT2D eigenvalue weighted by atomic mass is 16.6. The molecule has 0 aromatic heterocycles. The first-order valence-corrected chi connectivity index (χ1v) is 5.16. The molecule has 17 heavy (non-hydrogen) atoms. The second kappa shape index (κ2) is 5.40. The number of non-ortho nitro benzene ring substituents is 1. The summed E-state index contributed by atoms with van der Waals surface area (Å²) in [6.45, 7) is 1.75. The normalized spacial score (nSPS) is 11.9. The molecular formula is C11H15N3O3. The molecule has 0 bridgehead atoms. The third-order valence-corrected chi connectivity index (χ3v) is 2.58. The van der Waals surface area contributed by atoms with Crippen molar-refractivity contribution in [1.82, 2.24) is 5.32 Å². The number of likely N-dealkylation sites (N-methyl/N-ethyl adjacent to an activating group) is 2. The van der Waals surface area contributed by atoms with Crippen LogP contribution >= 0.6 is 0 Å². The van der Waals surface area contributed by atoms with Crippen LogP contribution < -0.4 is 10.2 Å². The van der Waals surface area contributed by atoms with Gasteiger partial charge in [0.05, 0.1) is 11.0 Å². The highest BCUT2D eigenvalue weighted by Crippen LogP contribution is 2.18. The van der Waals surface area contributed by atoms with Gasteiger partial charge in [0.2, 0.25) is 5.91 Å². The SMILES string of the molecule is CNC(C)C(=O)N(C)c1ccc([N+](=O)[O-])cc1. The van der Waals surface area contributed by atoms with E-state index < -0.39 is 4.92 Å². The third kappa shape index (κ3) is 3.01. The van der Waals surface area contributed by atoms with Crippen molar-refractivity contribution in [3.05, 3.63) is 34.4 Å². The summed E-state index contributed by atoms with van der Waals surface area (Å²) in [7, 11) is 3.34. The summed E-state index contributed by atoms with van der Waals surface area (Å²) in [5.41, 5.74) is 0.638. The van der Waals surface area contributed by atoms with Crippen LogP contribution in [-0.2, 0) is 4.79 Å². The summed E-state index contributed by atoms with van der Waals surface area (Å²) in [5.74, 6) is -0.0960. The van der Waals surface area contributed by atoms with E-state index >= 15 is 0 Å². The van der Waals surface area contributed by atoms with Crippen LogP contribution in [0.25, 0.3) is 0 Å². The van der Waals surface area contributed by atoms with Gasteiger partial charge in [-0.2, -0.15) is 0 Å². The van der Waals surface area contributed by atoms with Crippen molar-refractivity contribution < 1.29 is 9.72 Å². The van der Waals surface area contributed by atoms with Gasteiger partial charge < -0.3 is 10.2 Å². The summed E-state index contributed by atoms with van der Waals surface area (Å²) in [6, 6.07) is 5.57. The van der Waals surface area contributed by atoms with Gasteiger partial charge in [-0.25, -0.2) is 0 Å². The smallest absolute Gasteiger partial charge is 0.269 e. The molecule has 6 heteroatoms. The number of rotatable bonds is 4. The molecule has 0 radical (unpaired) electrons. The summed E-state index contributed by atoms with van der Waals surface area (Å²) in [6.07, 6.45) is 0. The van der Waals surface area contributed by atoms with Crippen LogP contribution in [0.15, 0.2) is 24.3 Å². The minimum absolute atomic E-state index is 0.0104. The van der Waals surface area contributed by atoms with Crippen LogP contribution in [0.2, 0.25) is 0 Å². The van der Waals surface area contributed by atoms with Gasteiger partial charge in [-0.3, -0.25) is 14.9 Å². The molecule has 1 amide bonds. The van der Waals surface area contributed by atoms with Gasteiger partial charge in [0, 0.05) is 24.9 Å². The second-order valence-corrected chi connectivity index (χ2v) is 3.68. The van der Waals surface area contributed by atoms with Gasteiger partial charge in [-0.1, -0.05) is 0 Å². The van der Waals surface area contributed by atoms with Crippen LogP contribution in [0.3, 0.4) is 0 Å². The van der Waals surface area contributed by atoms with E-state index in [0.717, 1.165) is 0 Å². The molecule has 1 N–H and O–H groups in total. The first-order chi connectivity index (χ1) is 7.97. The molecule has 0 saturated heterocycles. The van der Waals surface area contributed by atoms with E-state index in [1.807, 2.05) is 0 Å². The molecule has 92 valence electrons. The number of benzene rings is 1. The monoisotopic (exact) mass is 237 g/mol. The first kappa shape index (κ1) is 13.1. The molecule has 0 fully saturated rings. The summed E-state index contributed by atoms with van der Waals surface area (Å²) >= 11 is 0. The highest BCUT2D eigenvalue weighted by Gasteiger charge is 2.17. The second-order valence-electron chi connectivity index (χ2n) is 3.68. The summed E-state index contributed by atoms with van der Waals surface area (Å²) in [4.78, 5) is 23.3. The Hall–Kier alpha value is -1.95. The van der Waals surface area contributed by atoms with Crippen LogP contribution in [0.4, 0.5) is 11.4 Å². The number of nitro groups is 1. The molecule has 0 saturated carbocycles. The molecule has 1 rings (SSSR count). The molecule has 0 aliphatic rings. The van der Waals surface area contributed by atoms with E-state index in [1.165, 1.54) is 17.0 Å². The Bertz CT molecular complexity index is 416. The molecule has 1 aromatic carbocycles. The lowest BCUT2D eigenvalue weighted by Crippen LogP contribution is -2.41. The van der Waals surface area contributed by atoms with E-state index in [0.29, 0.717) is 5.69 Å². The van der Waals surface area contributed by atoms with Crippen molar-refractivity contribution in [2.24, 2.45) is 0 Å². The van der Waals surface area contributed by atoms with Crippen LogP contribution in [0.1, 0.15) is 6.92 Å². The zero-order valence-electron chi connectivity index (χ0n) is 10.0. The van der Waals surface area contributed by atoms with Crippen LogP contribution in [-0.4, -0.2) is 31.0 Å². The summed E-state index contributed by atoms with van der Waals surface area (Å²) in [5, 5.41) is 13.3. The number of anilines is 1. The number of nitrogens with one attached hydrogen (secondary N) is 1. The van der Waals surface area contributed by atoms with Crippen molar-refractivity contribution >= 4 is 17.3 Å². The average molecular weight is 237 g/mol. The Balaban J connectivity index is 2.86. The highest BCUT2D eigenvalue weighted by molar-refractivity contribution is 5.96. The van der Waals surface area contributed by atoms with E-state index in [-0.39, 0.29) is 17.6 Å². The predicted octanol–water partition coefficient (Wildman–Crippen LogP) is 1.17. The van der Waals surface area contributed by atoms with E-state index in [2.05, 4.69) is 5.32 Å². The maximum atomic E-state index is 11.8. The molecule has 1 atom stereocenters. The Morgan fingerprint density at radius 3 is 2.35 bits per heavy atom. The fourth-order valence-electron chi connectivity index (χ4n) is 1.34. The van der Waals surface area contributed by atoms with Gasteiger partial charge in [0.15, 0.2) is 0 Å². The molecule has 6 nitrogen and oxygen atoms in total. The Morgan fingerprint density at radius 1 is 1.41 bits per heavy atom. The zero-order valence-corrected chi connectivity index (χ0v) is 10.0. The fourth-order valence-corrected chi connectivity index (χ4v) is 1.34. The van der Waals surface area contributed by atoms with Crippen LogP contribution in [0.5, 0.6) is 0 Å². The number of hydrogen-bond acceptors (Lipinski definition) is 4. The largest absolute Gasteiger partial charge is 0.314 e. The lowest BCUT2D eigenvalue weighted by atomic mass is 10.2. The number of carbonyl (C=O) groups excluding carboxylic acids is 1. The van der Waals surface area contributed by atoms with E-state index in [1.54, 1.807) is 33.2 Å². The van der Waals surface area contributed by atoms with Gasteiger partial charge in [-0.15, -0.1) is 0 Å². The topological polar surface area (TPSA) is 75.5 Å².